The molecule has 0 bridgehead atoms. The molecule has 1 amide bonds. The molecule has 7 heteroatoms. The number of carbonyl (C=O) groups excluding carboxylic acids is 3. The molecule has 2 atom stereocenters. The first-order chi connectivity index (χ1) is 14.7. The van der Waals surface area contributed by atoms with Crippen LogP contribution in [0.1, 0.15) is 45.6 Å². The minimum atomic E-state index is -0.948. The van der Waals surface area contributed by atoms with E-state index in [1.165, 1.54) is 7.11 Å². The molecule has 0 saturated carbocycles. The number of alkyl carbamates (subject to hydrolysis) is 1. The number of ketones is 1. The van der Waals surface area contributed by atoms with E-state index in [2.05, 4.69) is 5.32 Å². The van der Waals surface area contributed by atoms with Crippen LogP contribution in [0, 0.1) is 5.92 Å². The number of nitrogens with one attached hydrogen (secondary N) is 1. The van der Waals surface area contributed by atoms with E-state index in [1.807, 2.05) is 42.5 Å². The van der Waals surface area contributed by atoms with Gasteiger partial charge in [0.25, 0.3) is 0 Å². The van der Waals surface area contributed by atoms with Gasteiger partial charge in [-0.2, -0.15) is 0 Å². The second-order valence-electron chi connectivity index (χ2n) is 8.31. The summed E-state index contributed by atoms with van der Waals surface area (Å²) < 4.78 is 15.7. The first-order valence-electron chi connectivity index (χ1n) is 10.3. The van der Waals surface area contributed by atoms with Gasteiger partial charge in [0.05, 0.1) is 7.11 Å². The quantitative estimate of drug-likeness (QED) is 0.595. The summed E-state index contributed by atoms with van der Waals surface area (Å²) in [7, 11) is 1.24. The van der Waals surface area contributed by atoms with Crippen molar-refractivity contribution in [2.75, 3.05) is 7.11 Å². The van der Waals surface area contributed by atoms with E-state index >= 15 is 0 Å². The summed E-state index contributed by atoms with van der Waals surface area (Å²) in [6.07, 6.45) is 5.57. The standard InChI is InChI=1S/C24H31NO6/c1-24(2,3)31-23(28)25-20(22(27)29-4)14-15-21(26)18-10-12-19(13-11-18)30-16-17-8-6-5-7-9-17/h5-10,12-13,18,20H,11,14-16H2,1-4H3,(H,25,28)/t18?,20-/m0/s1. The van der Waals surface area contributed by atoms with Gasteiger partial charge in [-0.25, -0.2) is 9.59 Å². The van der Waals surface area contributed by atoms with Crippen LogP contribution in [0.2, 0.25) is 0 Å². The lowest BCUT2D eigenvalue weighted by molar-refractivity contribution is -0.143. The molecule has 0 radical (unpaired) electrons. The molecule has 1 aromatic rings. The van der Waals surface area contributed by atoms with Crippen molar-refractivity contribution in [3.05, 3.63) is 59.9 Å². The van der Waals surface area contributed by atoms with Crippen LogP contribution in [-0.4, -0.2) is 36.6 Å². The lowest BCUT2D eigenvalue weighted by atomic mass is 9.92. The number of allylic oxidation sites excluding steroid dienone is 3. The average molecular weight is 430 g/mol. The lowest BCUT2D eigenvalue weighted by Crippen LogP contribution is -2.44. The van der Waals surface area contributed by atoms with Gasteiger partial charge in [0.1, 0.15) is 29.8 Å². The molecule has 0 aliphatic heterocycles. The van der Waals surface area contributed by atoms with Crippen LogP contribution in [-0.2, 0) is 30.4 Å². The van der Waals surface area contributed by atoms with E-state index in [1.54, 1.807) is 26.8 Å². The molecule has 1 aromatic carbocycles. The fraction of sp³-hybridized carbons (Fsp3) is 0.458. The van der Waals surface area contributed by atoms with Gasteiger partial charge in [-0.1, -0.05) is 36.4 Å². The number of Topliss-reactive ketones (excluding diaryl/α,β-unsaturated/α-hetero) is 1. The van der Waals surface area contributed by atoms with Crippen molar-refractivity contribution in [2.24, 2.45) is 5.92 Å². The summed E-state index contributed by atoms with van der Waals surface area (Å²) in [5, 5.41) is 2.48. The van der Waals surface area contributed by atoms with Crippen molar-refractivity contribution in [3.8, 4) is 0 Å². The fourth-order valence-corrected chi connectivity index (χ4v) is 3.00. The minimum Gasteiger partial charge on any atom is -0.489 e. The maximum absolute atomic E-state index is 12.6. The molecule has 1 N–H and O–H groups in total. The third kappa shape index (κ3) is 8.66. The number of benzene rings is 1. The van der Waals surface area contributed by atoms with E-state index < -0.39 is 23.7 Å². The zero-order valence-electron chi connectivity index (χ0n) is 18.6. The fourth-order valence-electron chi connectivity index (χ4n) is 3.00. The minimum absolute atomic E-state index is 0.0190. The summed E-state index contributed by atoms with van der Waals surface area (Å²) in [6, 6.07) is 8.89. The molecule has 1 aliphatic rings. The maximum Gasteiger partial charge on any atom is 0.408 e. The van der Waals surface area contributed by atoms with Gasteiger partial charge in [0.15, 0.2) is 0 Å². The lowest BCUT2D eigenvalue weighted by Gasteiger charge is -2.23. The highest BCUT2D eigenvalue weighted by Gasteiger charge is 2.27. The number of ether oxygens (including phenoxy) is 3. The molecule has 168 valence electrons. The highest BCUT2D eigenvalue weighted by molar-refractivity contribution is 5.85. The zero-order chi connectivity index (χ0) is 22.9. The Kier molecular flexibility index (Phi) is 8.85. The molecule has 1 aliphatic carbocycles. The molecule has 0 fully saturated rings. The van der Waals surface area contributed by atoms with Crippen LogP contribution >= 0.6 is 0 Å². The van der Waals surface area contributed by atoms with Gasteiger partial charge >= 0.3 is 12.1 Å². The maximum atomic E-state index is 12.6. The number of rotatable bonds is 9. The van der Waals surface area contributed by atoms with Gasteiger partial charge in [0.2, 0.25) is 0 Å². The number of esters is 1. The van der Waals surface area contributed by atoms with Crippen molar-refractivity contribution in [2.45, 2.75) is 58.3 Å². The molecule has 1 unspecified atom stereocenters. The Morgan fingerprint density at radius 1 is 1.16 bits per heavy atom. The van der Waals surface area contributed by atoms with Crippen LogP contribution < -0.4 is 5.32 Å². The Hall–Kier alpha value is -3.09. The van der Waals surface area contributed by atoms with Crippen LogP contribution in [0.25, 0.3) is 0 Å². The molecular formula is C24H31NO6. The summed E-state index contributed by atoms with van der Waals surface area (Å²) >= 11 is 0. The largest absolute Gasteiger partial charge is 0.489 e. The Labute approximate surface area is 183 Å². The summed E-state index contributed by atoms with van der Waals surface area (Å²) in [4.78, 5) is 36.6. The van der Waals surface area contributed by atoms with E-state index in [0.29, 0.717) is 13.0 Å². The SMILES string of the molecule is COC(=O)[C@H](CCC(=O)C1C=CC(OCc2ccccc2)=CC1)NC(=O)OC(C)(C)C. The third-order valence-electron chi connectivity index (χ3n) is 4.58. The molecule has 31 heavy (non-hydrogen) atoms. The number of hydrogen-bond donors (Lipinski definition) is 1. The molecule has 2 rings (SSSR count). The average Bonchev–Trinajstić information content (AvgIpc) is 2.74. The van der Waals surface area contributed by atoms with Gasteiger partial charge in [0, 0.05) is 12.3 Å². The van der Waals surface area contributed by atoms with Crippen LogP contribution in [0.5, 0.6) is 0 Å². The molecule has 7 nitrogen and oxygen atoms in total. The first-order valence-corrected chi connectivity index (χ1v) is 10.3. The highest BCUT2D eigenvalue weighted by atomic mass is 16.6. The second-order valence-corrected chi connectivity index (χ2v) is 8.31. The Bertz CT molecular complexity index is 822. The molecule has 0 aromatic heterocycles. The van der Waals surface area contributed by atoms with Gasteiger partial charge in [-0.15, -0.1) is 0 Å². The third-order valence-corrected chi connectivity index (χ3v) is 4.58. The molecule has 0 heterocycles. The number of amides is 1. The van der Waals surface area contributed by atoms with Gasteiger partial charge in [-0.3, -0.25) is 4.79 Å². The summed E-state index contributed by atoms with van der Waals surface area (Å²) in [5.41, 5.74) is 0.376. The van der Waals surface area contributed by atoms with Crippen molar-refractivity contribution in [3.63, 3.8) is 0 Å². The highest BCUT2D eigenvalue weighted by Crippen LogP contribution is 2.21. The van der Waals surface area contributed by atoms with Crippen LogP contribution in [0.3, 0.4) is 0 Å². The van der Waals surface area contributed by atoms with Crippen LogP contribution in [0.4, 0.5) is 4.79 Å². The Morgan fingerprint density at radius 3 is 2.45 bits per heavy atom. The van der Waals surface area contributed by atoms with Crippen LogP contribution in [0.15, 0.2) is 54.3 Å². The Morgan fingerprint density at radius 2 is 1.87 bits per heavy atom. The predicted molar refractivity (Wildman–Crippen MR) is 116 cm³/mol. The monoisotopic (exact) mass is 429 g/mol. The predicted octanol–water partition coefficient (Wildman–Crippen LogP) is 4.08. The summed E-state index contributed by atoms with van der Waals surface area (Å²) in [5.74, 6) is -0.195. The van der Waals surface area contributed by atoms with Gasteiger partial charge in [-0.05, 0) is 51.3 Å². The zero-order valence-corrected chi connectivity index (χ0v) is 18.6. The topological polar surface area (TPSA) is 90.9 Å². The van der Waals surface area contributed by atoms with E-state index in [0.717, 1.165) is 11.3 Å². The van der Waals surface area contributed by atoms with Crippen molar-refractivity contribution < 1.29 is 28.6 Å². The molecule has 0 saturated heterocycles. The molecular weight excluding hydrogens is 398 g/mol. The second kappa shape index (κ2) is 11.3. The number of hydrogen-bond acceptors (Lipinski definition) is 6. The smallest absolute Gasteiger partial charge is 0.408 e. The number of methoxy groups -OCH3 is 1. The van der Waals surface area contributed by atoms with Crippen molar-refractivity contribution in [1.29, 1.82) is 0 Å². The first kappa shape index (κ1) is 24.2. The summed E-state index contributed by atoms with van der Waals surface area (Å²) in [6.45, 7) is 5.64. The molecule has 0 spiro atoms. The van der Waals surface area contributed by atoms with E-state index in [4.69, 9.17) is 14.2 Å². The van der Waals surface area contributed by atoms with Crippen molar-refractivity contribution in [1.82, 2.24) is 5.32 Å². The van der Waals surface area contributed by atoms with Gasteiger partial charge < -0.3 is 19.5 Å². The van der Waals surface area contributed by atoms with E-state index in [9.17, 15) is 14.4 Å². The van der Waals surface area contributed by atoms with E-state index in [-0.39, 0.29) is 24.5 Å². The van der Waals surface area contributed by atoms with Crippen molar-refractivity contribution >= 4 is 17.8 Å². The normalized spacial score (nSPS) is 16.6. The number of carbonyl (C=O) groups is 3. The Balaban J connectivity index is 1.82.